The van der Waals surface area contributed by atoms with E-state index >= 15 is 0 Å². The number of nitrogens with zero attached hydrogens (tertiary/aromatic N) is 1. The fourth-order valence-electron chi connectivity index (χ4n) is 1.74. The summed E-state index contributed by atoms with van der Waals surface area (Å²) in [5, 5.41) is 3.84. The van der Waals surface area contributed by atoms with Gasteiger partial charge in [0.25, 0.3) is 0 Å². The van der Waals surface area contributed by atoms with Crippen molar-refractivity contribution in [2.24, 2.45) is 5.73 Å². The van der Waals surface area contributed by atoms with Crippen LogP contribution in [0.2, 0.25) is 0 Å². The second-order valence-electron chi connectivity index (χ2n) is 3.68. The molecule has 14 heavy (non-hydrogen) atoms. The lowest BCUT2D eigenvalue weighted by Gasteiger charge is -2.21. The molecular weight excluding hydrogens is 180 g/mol. The van der Waals surface area contributed by atoms with E-state index in [1.54, 1.807) is 0 Å². The molecule has 0 bridgehead atoms. The fourth-order valence-corrected chi connectivity index (χ4v) is 1.74. The third kappa shape index (κ3) is 2.33. The van der Waals surface area contributed by atoms with Crippen LogP contribution in [0.25, 0.3) is 0 Å². The minimum Gasteiger partial charge on any atom is -0.378 e. The van der Waals surface area contributed by atoms with Gasteiger partial charge in [-0.25, -0.2) is 0 Å². The van der Waals surface area contributed by atoms with Crippen LogP contribution in [0.3, 0.4) is 0 Å². The average Bonchev–Trinajstić information content (AvgIpc) is 2.67. The Morgan fingerprint density at radius 2 is 2.43 bits per heavy atom. The number of hydrogen-bond acceptors (Lipinski definition) is 4. The first-order valence-electron chi connectivity index (χ1n) is 5.14. The van der Waals surface area contributed by atoms with E-state index in [-0.39, 0.29) is 0 Å². The number of hydrogen-bond donors (Lipinski definition) is 1. The van der Waals surface area contributed by atoms with Crippen molar-refractivity contribution >= 4 is 0 Å². The first-order chi connectivity index (χ1) is 6.88. The molecule has 78 valence electrons. The number of rotatable bonds is 3. The van der Waals surface area contributed by atoms with E-state index in [0.29, 0.717) is 12.6 Å². The minimum atomic E-state index is 0.308. The Morgan fingerprint density at radius 1 is 1.50 bits per heavy atom. The molecule has 4 heteroatoms. The van der Waals surface area contributed by atoms with Crippen molar-refractivity contribution in [1.82, 2.24) is 5.16 Å². The second kappa shape index (κ2) is 4.57. The third-order valence-corrected chi connectivity index (χ3v) is 2.52. The molecule has 2 rings (SSSR count). The van der Waals surface area contributed by atoms with Crippen LogP contribution < -0.4 is 5.73 Å². The number of ether oxygens (including phenoxy) is 1. The molecule has 1 atom stereocenters. The van der Waals surface area contributed by atoms with E-state index in [1.807, 2.05) is 6.07 Å². The normalized spacial score (nSPS) is 22.5. The first-order valence-corrected chi connectivity index (χ1v) is 5.14. The summed E-state index contributed by atoms with van der Waals surface area (Å²) in [6.07, 6.45) is 4.69. The highest BCUT2D eigenvalue weighted by Crippen LogP contribution is 2.17. The molecule has 0 radical (unpaired) electrons. The molecule has 1 saturated heterocycles. The molecule has 0 saturated carbocycles. The maximum atomic E-state index is 5.61. The lowest BCUT2D eigenvalue weighted by molar-refractivity contribution is 0.0132. The molecular formula is C10H16N2O2. The minimum absolute atomic E-state index is 0.308. The van der Waals surface area contributed by atoms with Gasteiger partial charge in [-0.2, -0.15) is 0 Å². The van der Waals surface area contributed by atoms with Crippen molar-refractivity contribution in [1.29, 1.82) is 0 Å². The molecule has 1 aliphatic rings. The Bertz CT molecular complexity index is 279. The molecule has 0 aliphatic carbocycles. The molecule has 4 nitrogen and oxygen atoms in total. The zero-order chi connectivity index (χ0) is 9.80. The lowest BCUT2D eigenvalue weighted by Crippen LogP contribution is -2.21. The van der Waals surface area contributed by atoms with Gasteiger partial charge in [-0.1, -0.05) is 5.16 Å². The van der Waals surface area contributed by atoms with E-state index in [1.165, 1.54) is 12.8 Å². The summed E-state index contributed by atoms with van der Waals surface area (Å²) in [4.78, 5) is 0. The molecule has 1 aromatic heterocycles. The summed E-state index contributed by atoms with van der Waals surface area (Å²) in [6, 6.07) is 1.91. The van der Waals surface area contributed by atoms with E-state index < -0.39 is 0 Å². The predicted molar refractivity (Wildman–Crippen MR) is 51.7 cm³/mol. The van der Waals surface area contributed by atoms with Crippen molar-refractivity contribution in [3.63, 3.8) is 0 Å². The molecule has 1 aliphatic heterocycles. The summed E-state index contributed by atoms with van der Waals surface area (Å²) in [7, 11) is 0. The van der Waals surface area contributed by atoms with Gasteiger partial charge in [0.05, 0.1) is 11.8 Å². The number of nitrogens with two attached hydrogens (primary N) is 1. The molecule has 0 aromatic carbocycles. The van der Waals surface area contributed by atoms with E-state index in [0.717, 1.165) is 30.9 Å². The highest BCUT2D eigenvalue weighted by Gasteiger charge is 2.16. The Labute approximate surface area is 83.4 Å². The zero-order valence-electron chi connectivity index (χ0n) is 8.24. The summed E-state index contributed by atoms with van der Waals surface area (Å²) in [5.74, 6) is 0.886. The van der Waals surface area contributed by atoms with Gasteiger partial charge in [0.2, 0.25) is 0 Å². The maximum absolute atomic E-state index is 5.61. The summed E-state index contributed by atoms with van der Waals surface area (Å²) >= 11 is 0. The Kier molecular flexibility index (Phi) is 3.16. The van der Waals surface area contributed by atoms with Crippen molar-refractivity contribution in [3.8, 4) is 0 Å². The standard InChI is InChI=1S/C10H16N2O2/c11-7-8-5-10(14-12-8)6-9-3-1-2-4-13-9/h5,9H,1-4,6-7,11H2. The van der Waals surface area contributed by atoms with Crippen molar-refractivity contribution in [2.75, 3.05) is 6.61 Å². The molecule has 2 heterocycles. The van der Waals surface area contributed by atoms with Crippen LogP contribution in [-0.2, 0) is 17.7 Å². The Morgan fingerprint density at radius 3 is 3.07 bits per heavy atom. The van der Waals surface area contributed by atoms with E-state index in [9.17, 15) is 0 Å². The Hall–Kier alpha value is -0.870. The zero-order valence-corrected chi connectivity index (χ0v) is 8.24. The largest absolute Gasteiger partial charge is 0.378 e. The van der Waals surface area contributed by atoms with Crippen LogP contribution >= 0.6 is 0 Å². The maximum Gasteiger partial charge on any atom is 0.139 e. The van der Waals surface area contributed by atoms with Gasteiger partial charge in [0, 0.05) is 25.6 Å². The smallest absolute Gasteiger partial charge is 0.139 e. The molecule has 0 amide bonds. The molecule has 1 fully saturated rings. The van der Waals surface area contributed by atoms with Gasteiger partial charge in [-0.3, -0.25) is 0 Å². The van der Waals surface area contributed by atoms with E-state index in [2.05, 4.69) is 5.16 Å². The SMILES string of the molecule is NCc1cc(CC2CCCCO2)on1. The Balaban J connectivity index is 1.89. The topological polar surface area (TPSA) is 61.3 Å². The van der Waals surface area contributed by atoms with Gasteiger partial charge in [0.15, 0.2) is 0 Å². The second-order valence-corrected chi connectivity index (χ2v) is 3.68. The van der Waals surface area contributed by atoms with Crippen LogP contribution in [0.1, 0.15) is 30.7 Å². The van der Waals surface area contributed by atoms with Crippen LogP contribution in [0.4, 0.5) is 0 Å². The van der Waals surface area contributed by atoms with Gasteiger partial charge in [-0.05, 0) is 19.3 Å². The summed E-state index contributed by atoms with van der Waals surface area (Å²) < 4.78 is 10.8. The quantitative estimate of drug-likeness (QED) is 0.790. The van der Waals surface area contributed by atoms with E-state index in [4.69, 9.17) is 15.0 Å². The highest BCUT2D eigenvalue weighted by atomic mass is 16.5. The summed E-state index contributed by atoms with van der Waals surface area (Å²) in [5.41, 5.74) is 6.26. The van der Waals surface area contributed by atoms with Gasteiger partial charge < -0.3 is 15.0 Å². The molecule has 2 N–H and O–H groups in total. The van der Waals surface area contributed by atoms with Gasteiger partial charge in [0.1, 0.15) is 5.76 Å². The molecule has 1 unspecified atom stereocenters. The van der Waals surface area contributed by atoms with Crippen LogP contribution in [0.15, 0.2) is 10.6 Å². The molecule has 1 aromatic rings. The predicted octanol–water partition coefficient (Wildman–Crippen LogP) is 1.24. The van der Waals surface area contributed by atoms with Crippen molar-refractivity contribution in [2.45, 2.75) is 38.3 Å². The lowest BCUT2D eigenvalue weighted by atomic mass is 10.1. The first kappa shape index (κ1) is 9.68. The van der Waals surface area contributed by atoms with Gasteiger partial charge in [-0.15, -0.1) is 0 Å². The van der Waals surface area contributed by atoms with Crippen LogP contribution in [0.5, 0.6) is 0 Å². The monoisotopic (exact) mass is 196 g/mol. The van der Waals surface area contributed by atoms with Crippen LogP contribution in [-0.4, -0.2) is 17.9 Å². The molecule has 0 spiro atoms. The van der Waals surface area contributed by atoms with Crippen molar-refractivity contribution < 1.29 is 9.26 Å². The van der Waals surface area contributed by atoms with Gasteiger partial charge >= 0.3 is 0 Å². The highest BCUT2D eigenvalue weighted by molar-refractivity contribution is 5.05. The van der Waals surface area contributed by atoms with Crippen molar-refractivity contribution in [3.05, 3.63) is 17.5 Å². The average molecular weight is 196 g/mol. The fraction of sp³-hybridized carbons (Fsp3) is 0.700. The number of aromatic nitrogens is 1. The summed E-state index contributed by atoms with van der Waals surface area (Å²) in [6.45, 7) is 1.32. The van der Waals surface area contributed by atoms with Crippen LogP contribution in [0, 0.1) is 0 Å². The third-order valence-electron chi connectivity index (χ3n) is 2.52.